The van der Waals surface area contributed by atoms with Crippen molar-refractivity contribution in [3.8, 4) is 0 Å². The van der Waals surface area contributed by atoms with Crippen LogP contribution in [0.2, 0.25) is 0 Å². The fourth-order valence-electron chi connectivity index (χ4n) is 2.91. The van der Waals surface area contributed by atoms with E-state index in [4.69, 9.17) is 5.14 Å². The van der Waals surface area contributed by atoms with Crippen molar-refractivity contribution < 1.29 is 8.42 Å². The van der Waals surface area contributed by atoms with Crippen molar-refractivity contribution in [2.45, 2.75) is 25.7 Å². The molecule has 1 fully saturated rings. The second-order valence-corrected chi connectivity index (χ2v) is 7.17. The summed E-state index contributed by atoms with van der Waals surface area (Å²) in [5, 5.41) is 4.98. The first kappa shape index (κ1) is 16.4. The summed E-state index contributed by atoms with van der Waals surface area (Å²) in [6.07, 6.45) is 4.43. The number of likely N-dealkylation sites (tertiary alicyclic amines) is 1. The highest BCUT2D eigenvalue weighted by Gasteiger charge is 2.20. The quantitative estimate of drug-likeness (QED) is 0.792. The SMILES string of the molecule is NS(=O)(=O)NC[C@H]1CCCN(CCCc2ccccc2)C1. The number of piperidine rings is 1. The van der Waals surface area contributed by atoms with Crippen LogP contribution in [0.15, 0.2) is 30.3 Å². The van der Waals surface area contributed by atoms with Crippen molar-refractivity contribution in [2.24, 2.45) is 11.1 Å². The van der Waals surface area contributed by atoms with Crippen LogP contribution in [-0.2, 0) is 16.6 Å². The predicted octanol–water partition coefficient (Wildman–Crippen LogP) is 1.12. The van der Waals surface area contributed by atoms with Crippen molar-refractivity contribution in [3.05, 3.63) is 35.9 Å². The van der Waals surface area contributed by atoms with Crippen LogP contribution in [0, 0.1) is 5.92 Å². The third-order valence-corrected chi connectivity index (χ3v) is 4.53. The number of aryl methyl sites for hydroxylation is 1. The zero-order valence-corrected chi connectivity index (χ0v) is 13.2. The van der Waals surface area contributed by atoms with Gasteiger partial charge < -0.3 is 4.90 Å². The number of nitrogens with zero attached hydrogens (tertiary/aromatic N) is 1. The topological polar surface area (TPSA) is 75.4 Å². The summed E-state index contributed by atoms with van der Waals surface area (Å²) >= 11 is 0. The first-order chi connectivity index (χ1) is 10.0. The van der Waals surface area contributed by atoms with E-state index in [0.29, 0.717) is 12.5 Å². The van der Waals surface area contributed by atoms with Crippen LogP contribution in [0.4, 0.5) is 0 Å². The molecule has 5 nitrogen and oxygen atoms in total. The molecule has 1 atom stereocenters. The van der Waals surface area contributed by atoms with Gasteiger partial charge in [0, 0.05) is 13.1 Å². The number of nitrogens with one attached hydrogen (secondary N) is 1. The average molecular weight is 311 g/mol. The highest BCUT2D eigenvalue weighted by atomic mass is 32.2. The molecule has 1 aromatic rings. The number of hydrogen-bond acceptors (Lipinski definition) is 3. The summed E-state index contributed by atoms with van der Waals surface area (Å²) in [6, 6.07) is 10.5. The second-order valence-electron chi connectivity index (χ2n) is 5.79. The highest BCUT2D eigenvalue weighted by molar-refractivity contribution is 7.87. The summed E-state index contributed by atoms with van der Waals surface area (Å²) in [5.74, 6) is 0.369. The zero-order valence-electron chi connectivity index (χ0n) is 12.4. The maximum absolute atomic E-state index is 10.9. The Kier molecular flexibility index (Phi) is 6.17. The largest absolute Gasteiger partial charge is 0.303 e. The molecule has 21 heavy (non-hydrogen) atoms. The summed E-state index contributed by atoms with van der Waals surface area (Å²) in [4.78, 5) is 2.43. The summed E-state index contributed by atoms with van der Waals surface area (Å²) in [7, 11) is -3.56. The van der Waals surface area contributed by atoms with Gasteiger partial charge in [-0.2, -0.15) is 8.42 Å². The minimum Gasteiger partial charge on any atom is -0.303 e. The Balaban J connectivity index is 1.69. The van der Waals surface area contributed by atoms with Crippen molar-refractivity contribution in [3.63, 3.8) is 0 Å². The Labute approximate surface area is 127 Å². The minimum absolute atomic E-state index is 0.369. The molecule has 0 aromatic heterocycles. The van der Waals surface area contributed by atoms with Crippen molar-refractivity contribution in [1.82, 2.24) is 9.62 Å². The molecule has 0 aliphatic carbocycles. The van der Waals surface area contributed by atoms with Gasteiger partial charge in [0.25, 0.3) is 10.2 Å². The van der Waals surface area contributed by atoms with Gasteiger partial charge in [0.15, 0.2) is 0 Å². The first-order valence-corrected chi connectivity index (χ1v) is 9.11. The van der Waals surface area contributed by atoms with E-state index < -0.39 is 10.2 Å². The van der Waals surface area contributed by atoms with E-state index in [-0.39, 0.29) is 0 Å². The minimum atomic E-state index is -3.56. The van der Waals surface area contributed by atoms with Crippen LogP contribution < -0.4 is 9.86 Å². The molecule has 1 heterocycles. The van der Waals surface area contributed by atoms with Crippen LogP contribution in [-0.4, -0.2) is 39.5 Å². The maximum Gasteiger partial charge on any atom is 0.274 e. The van der Waals surface area contributed by atoms with Crippen LogP contribution in [0.25, 0.3) is 0 Å². The van der Waals surface area contributed by atoms with Crippen molar-refractivity contribution in [1.29, 1.82) is 0 Å². The molecular formula is C15H25N3O2S. The van der Waals surface area contributed by atoms with E-state index in [0.717, 1.165) is 45.3 Å². The lowest BCUT2D eigenvalue weighted by molar-refractivity contribution is 0.174. The van der Waals surface area contributed by atoms with Gasteiger partial charge in [0.1, 0.15) is 0 Å². The molecule has 0 spiro atoms. The van der Waals surface area contributed by atoms with Crippen LogP contribution >= 0.6 is 0 Å². The molecular weight excluding hydrogens is 286 g/mol. The molecule has 1 aromatic carbocycles. The van der Waals surface area contributed by atoms with Gasteiger partial charge in [0.05, 0.1) is 0 Å². The smallest absolute Gasteiger partial charge is 0.274 e. The normalized spacial score (nSPS) is 20.5. The molecule has 1 saturated heterocycles. The van der Waals surface area contributed by atoms with Crippen LogP contribution in [0.5, 0.6) is 0 Å². The molecule has 0 unspecified atom stereocenters. The average Bonchev–Trinajstić information content (AvgIpc) is 2.46. The van der Waals surface area contributed by atoms with Gasteiger partial charge in [0.2, 0.25) is 0 Å². The Bertz CT molecular complexity index is 519. The molecule has 0 saturated carbocycles. The number of rotatable bonds is 7. The van der Waals surface area contributed by atoms with Gasteiger partial charge in [-0.3, -0.25) is 0 Å². The Morgan fingerprint density at radius 3 is 2.76 bits per heavy atom. The third kappa shape index (κ3) is 6.56. The lowest BCUT2D eigenvalue weighted by Gasteiger charge is -2.32. The van der Waals surface area contributed by atoms with Gasteiger partial charge >= 0.3 is 0 Å². The molecule has 1 aliphatic heterocycles. The Morgan fingerprint density at radius 1 is 1.29 bits per heavy atom. The zero-order chi connectivity index (χ0) is 15.1. The predicted molar refractivity (Wildman–Crippen MR) is 85.0 cm³/mol. The number of hydrogen-bond donors (Lipinski definition) is 2. The third-order valence-electron chi connectivity index (χ3n) is 3.96. The van der Waals surface area contributed by atoms with E-state index >= 15 is 0 Å². The molecule has 0 amide bonds. The highest BCUT2D eigenvalue weighted by Crippen LogP contribution is 2.16. The molecule has 6 heteroatoms. The van der Waals surface area contributed by atoms with Crippen LogP contribution in [0.1, 0.15) is 24.8 Å². The monoisotopic (exact) mass is 311 g/mol. The standard InChI is InChI=1S/C15H25N3O2S/c16-21(19,20)17-12-15-9-5-11-18(13-15)10-4-8-14-6-2-1-3-7-14/h1-3,6-7,15,17H,4-5,8-13H2,(H2,16,19,20)/t15-/m1/s1. The van der Waals surface area contributed by atoms with E-state index in [1.54, 1.807) is 0 Å². The summed E-state index contributed by atoms with van der Waals surface area (Å²) < 4.78 is 24.3. The fourth-order valence-corrected chi connectivity index (χ4v) is 3.37. The Hall–Kier alpha value is -0.950. The first-order valence-electron chi connectivity index (χ1n) is 7.56. The van der Waals surface area contributed by atoms with E-state index in [2.05, 4.69) is 33.9 Å². The van der Waals surface area contributed by atoms with Crippen molar-refractivity contribution in [2.75, 3.05) is 26.2 Å². The van der Waals surface area contributed by atoms with Gasteiger partial charge in [-0.25, -0.2) is 9.86 Å². The van der Waals surface area contributed by atoms with E-state index in [1.807, 2.05) is 6.07 Å². The molecule has 0 radical (unpaired) electrons. The second kappa shape index (κ2) is 7.89. The maximum atomic E-state index is 10.9. The summed E-state index contributed by atoms with van der Waals surface area (Å²) in [6.45, 7) is 3.59. The summed E-state index contributed by atoms with van der Waals surface area (Å²) in [5.41, 5.74) is 1.38. The lowest BCUT2D eigenvalue weighted by Crippen LogP contribution is -2.42. The molecule has 118 valence electrons. The fraction of sp³-hybridized carbons (Fsp3) is 0.600. The number of benzene rings is 1. The van der Waals surface area contributed by atoms with E-state index in [9.17, 15) is 8.42 Å². The van der Waals surface area contributed by atoms with Gasteiger partial charge in [-0.05, 0) is 50.3 Å². The van der Waals surface area contributed by atoms with Crippen molar-refractivity contribution >= 4 is 10.2 Å². The van der Waals surface area contributed by atoms with Gasteiger partial charge in [-0.1, -0.05) is 30.3 Å². The molecule has 3 N–H and O–H groups in total. The molecule has 1 aliphatic rings. The Morgan fingerprint density at radius 2 is 2.05 bits per heavy atom. The molecule has 2 rings (SSSR count). The number of nitrogens with two attached hydrogens (primary N) is 1. The van der Waals surface area contributed by atoms with Crippen LogP contribution in [0.3, 0.4) is 0 Å². The molecule has 0 bridgehead atoms. The van der Waals surface area contributed by atoms with Gasteiger partial charge in [-0.15, -0.1) is 0 Å². The van der Waals surface area contributed by atoms with E-state index in [1.165, 1.54) is 5.56 Å². The lowest BCUT2D eigenvalue weighted by atomic mass is 9.98.